The van der Waals surface area contributed by atoms with Gasteiger partial charge in [0.15, 0.2) is 0 Å². The Labute approximate surface area is 159 Å². The molecule has 2 fully saturated rings. The number of ether oxygens (including phenoxy) is 2. The van der Waals surface area contributed by atoms with Crippen molar-refractivity contribution in [3.63, 3.8) is 0 Å². The number of methoxy groups -OCH3 is 1. The van der Waals surface area contributed by atoms with E-state index in [-0.39, 0.29) is 36.6 Å². The summed E-state index contributed by atoms with van der Waals surface area (Å²) in [4.78, 5) is 15.2. The molecule has 1 aromatic rings. The smallest absolute Gasteiger partial charge is 0.146 e. The number of rotatable bonds is 6. The lowest BCUT2D eigenvalue weighted by molar-refractivity contribution is -0.132. The summed E-state index contributed by atoms with van der Waals surface area (Å²) in [6.07, 6.45) is 2.39. The van der Waals surface area contributed by atoms with Crippen LogP contribution in [0.1, 0.15) is 37.7 Å². The van der Waals surface area contributed by atoms with Gasteiger partial charge in [0.1, 0.15) is 12.6 Å². The molecule has 6 heteroatoms. The SMILES string of the molecule is CCC(=O)[C@@H]1C2[C@H](OCOC)CC(C[C@H]1c1ccc(Cl)c(Cl)c1)N2C. The third kappa shape index (κ3) is 3.60. The molecule has 3 rings (SSSR count). The Bertz CT molecular complexity index is 639. The van der Waals surface area contributed by atoms with Crippen LogP contribution < -0.4 is 0 Å². The molecule has 0 saturated carbocycles. The van der Waals surface area contributed by atoms with E-state index in [0.717, 1.165) is 18.4 Å². The highest BCUT2D eigenvalue weighted by Crippen LogP contribution is 2.48. The molecule has 25 heavy (non-hydrogen) atoms. The summed E-state index contributed by atoms with van der Waals surface area (Å²) >= 11 is 12.3. The van der Waals surface area contributed by atoms with Crippen LogP contribution in [0.2, 0.25) is 10.0 Å². The predicted molar refractivity (Wildman–Crippen MR) is 99.3 cm³/mol. The summed E-state index contributed by atoms with van der Waals surface area (Å²) in [5.74, 6) is 0.316. The van der Waals surface area contributed by atoms with Gasteiger partial charge >= 0.3 is 0 Å². The summed E-state index contributed by atoms with van der Waals surface area (Å²) < 4.78 is 11.0. The van der Waals surface area contributed by atoms with Gasteiger partial charge in [0.05, 0.1) is 16.1 Å². The fourth-order valence-electron chi connectivity index (χ4n) is 4.56. The standard InChI is InChI=1S/C19H25Cl2NO3/c1-4-16(23)18-13(11-5-6-14(20)15(21)7-11)8-12-9-17(25-10-24-3)19(18)22(12)2/h5-7,12-13,17-19H,4,8-10H2,1-3H3/t12?,13-,17+,18+,19?/m0/s1. The molecule has 5 atom stereocenters. The van der Waals surface area contributed by atoms with Crippen LogP contribution >= 0.6 is 23.2 Å². The Hall–Kier alpha value is -0.650. The van der Waals surface area contributed by atoms with Crippen molar-refractivity contribution >= 4 is 29.0 Å². The lowest BCUT2D eigenvalue weighted by Crippen LogP contribution is -2.51. The molecule has 2 aliphatic heterocycles. The second-order valence-corrected chi connectivity index (χ2v) is 7.83. The van der Waals surface area contributed by atoms with Gasteiger partial charge in [-0.15, -0.1) is 0 Å². The van der Waals surface area contributed by atoms with E-state index in [0.29, 0.717) is 22.5 Å². The van der Waals surface area contributed by atoms with Gasteiger partial charge in [-0.2, -0.15) is 0 Å². The Morgan fingerprint density at radius 1 is 1.28 bits per heavy atom. The van der Waals surface area contributed by atoms with Crippen LogP contribution in [-0.2, 0) is 14.3 Å². The number of Topliss-reactive ketones (excluding diaryl/α,β-unsaturated/α-hetero) is 1. The van der Waals surface area contributed by atoms with Crippen molar-refractivity contribution in [2.45, 2.75) is 50.3 Å². The van der Waals surface area contributed by atoms with Crippen LogP contribution in [0.4, 0.5) is 0 Å². The second-order valence-electron chi connectivity index (χ2n) is 7.02. The van der Waals surface area contributed by atoms with E-state index in [9.17, 15) is 4.79 Å². The van der Waals surface area contributed by atoms with E-state index in [1.54, 1.807) is 7.11 Å². The lowest BCUT2D eigenvalue weighted by atomic mass is 9.73. The third-order valence-corrected chi connectivity index (χ3v) is 6.49. The molecule has 2 unspecified atom stereocenters. The molecule has 2 bridgehead atoms. The number of ketones is 1. The van der Waals surface area contributed by atoms with E-state index in [1.807, 2.05) is 25.1 Å². The van der Waals surface area contributed by atoms with Gasteiger partial charge in [-0.05, 0) is 43.5 Å². The molecule has 0 aliphatic carbocycles. The van der Waals surface area contributed by atoms with Gasteiger partial charge in [-0.1, -0.05) is 36.2 Å². The van der Waals surface area contributed by atoms with Crippen molar-refractivity contribution in [1.29, 1.82) is 0 Å². The van der Waals surface area contributed by atoms with Crippen LogP contribution in [0.25, 0.3) is 0 Å². The van der Waals surface area contributed by atoms with E-state index in [1.165, 1.54) is 0 Å². The Morgan fingerprint density at radius 2 is 2.04 bits per heavy atom. The zero-order valence-corrected chi connectivity index (χ0v) is 16.4. The Morgan fingerprint density at radius 3 is 2.68 bits per heavy atom. The maximum absolute atomic E-state index is 12.9. The lowest BCUT2D eigenvalue weighted by Gasteiger charge is -2.43. The molecule has 1 aromatic carbocycles. The van der Waals surface area contributed by atoms with E-state index < -0.39 is 0 Å². The highest BCUT2D eigenvalue weighted by atomic mass is 35.5. The second kappa shape index (κ2) is 7.93. The topological polar surface area (TPSA) is 38.8 Å². The minimum Gasteiger partial charge on any atom is -0.359 e. The first-order valence-corrected chi connectivity index (χ1v) is 9.53. The number of hydrogen-bond donors (Lipinski definition) is 0. The minimum absolute atomic E-state index is 0.0169. The summed E-state index contributed by atoms with van der Waals surface area (Å²) in [6, 6.07) is 6.21. The fraction of sp³-hybridized carbons (Fsp3) is 0.632. The number of piperidine rings is 1. The van der Waals surface area contributed by atoms with E-state index in [4.69, 9.17) is 32.7 Å². The molecular weight excluding hydrogens is 361 g/mol. The molecule has 0 radical (unpaired) electrons. The molecule has 2 aliphatic rings. The van der Waals surface area contributed by atoms with Crippen molar-refractivity contribution < 1.29 is 14.3 Å². The van der Waals surface area contributed by atoms with Crippen molar-refractivity contribution in [1.82, 2.24) is 4.90 Å². The van der Waals surface area contributed by atoms with Crippen molar-refractivity contribution in [3.8, 4) is 0 Å². The molecule has 4 nitrogen and oxygen atoms in total. The third-order valence-electron chi connectivity index (χ3n) is 5.75. The number of likely N-dealkylation sites (N-methyl/N-ethyl adjacent to an activating group) is 1. The quantitative estimate of drug-likeness (QED) is 0.689. The van der Waals surface area contributed by atoms with Crippen LogP contribution in [0.3, 0.4) is 0 Å². The minimum atomic E-state index is -0.104. The van der Waals surface area contributed by atoms with Gasteiger partial charge < -0.3 is 9.47 Å². The number of carbonyl (C=O) groups excluding carboxylic acids is 1. The molecule has 0 aromatic heterocycles. The molecule has 2 saturated heterocycles. The van der Waals surface area contributed by atoms with Crippen LogP contribution in [0.5, 0.6) is 0 Å². The van der Waals surface area contributed by atoms with Crippen molar-refractivity contribution in [2.24, 2.45) is 5.92 Å². The van der Waals surface area contributed by atoms with Crippen LogP contribution in [0.15, 0.2) is 18.2 Å². The van der Waals surface area contributed by atoms with Crippen LogP contribution in [0, 0.1) is 5.92 Å². The van der Waals surface area contributed by atoms with Gasteiger partial charge in [-0.25, -0.2) is 0 Å². The van der Waals surface area contributed by atoms with Gasteiger partial charge in [0, 0.05) is 31.5 Å². The Balaban J connectivity index is 1.96. The first kappa shape index (κ1) is 19.1. The number of halogens is 2. The molecule has 0 N–H and O–H groups in total. The zero-order chi connectivity index (χ0) is 18.1. The number of carbonyl (C=O) groups is 1. The fourth-order valence-corrected chi connectivity index (χ4v) is 4.87. The zero-order valence-electron chi connectivity index (χ0n) is 14.9. The number of nitrogens with zero attached hydrogens (tertiary/aromatic N) is 1. The van der Waals surface area contributed by atoms with E-state index in [2.05, 4.69) is 11.9 Å². The normalized spacial score (nSPS) is 32.1. The first-order valence-electron chi connectivity index (χ1n) is 8.78. The monoisotopic (exact) mass is 385 g/mol. The summed E-state index contributed by atoms with van der Waals surface area (Å²) in [6.45, 7) is 2.19. The van der Waals surface area contributed by atoms with Gasteiger partial charge in [0.2, 0.25) is 0 Å². The van der Waals surface area contributed by atoms with Gasteiger partial charge in [0.25, 0.3) is 0 Å². The van der Waals surface area contributed by atoms with Crippen LogP contribution in [-0.4, -0.2) is 49.8 Å². The molecular formula is C19H25Cl2NO3. The number of fused-ring (bicyclic) bond motifs is 2. The molecule has 2 heterocycles. The molecule has 0 spiro atoms. The summed E-state index contributed by atoms with van der Waals surface area (Å²) in [5, 5.41) is 1.08. The van der Waals surface area contributed by atoms with Gasteiger partial charge in [-0.3, -0.25) is 9.69 Å². The highest BCUT2D eigenvalue weighted by molar-refractivity contribution is 6.42. The summed E-state index contributed by atoms with van der Waals surface area (Å²) in [7, 11) is 3.73. The average Bonchev–Trinajstić information content (AvgIpc) is 2.80. The Kier molecular flexibility index (Phi) is 6.07. The molecule has 138 valence electrons. The van der Waals surface area contributed by atoms with Crippen molar-refractivity contribution in [3.05, 3.63) is 33.8 Å². The summed E-state index contributed by atoms with van der Waals surface area (Å²) in [5.41, 5.74) is 1.09. The average molecular weight is 386 g/mol. The maximum Gasteiger partial charge on any atom is 0.146 e. The largest absolute Gasteiger partial charge is 0.359 e. The first-order chi connectivity index (χ1) is 12.0. The maximum atomic E-state index is 12.9. The molecule has 0 amide bonds. The predicted octanol–water partition coefficient (Wildman–Crippen LogP) is 4.14. The van der Waals surface area contributed by atoms with E-state index >= 15 is 0 Å². The highest BCUT2D eigenvalue weighted by Gasteiger charge is 2.53. The number of hydrogen-bond acceptors (Lipinski definition) is 4. The number of benzene rings is 1. The van der Waals surface area contributed by atoms with Crippen molar-refractivity contribution in [2.75, 3.05) is 21.0 Å².